The molecule has 2 aromatic rings. The van der Waals surface area contributed by atoms with Gasteiger partial charge in [0.25, 0.3) is 5.91 Å². The van der Waals surface area contributed by atoms with Crippen LogP contribution in [0.3, 0.4) is 0 Å². The number of halogens is 3. The molecule has 0 bridgehead atoms. The van der Waals surface area contributed by atoms with E-state index in [-0.39, 0.29) is 23.8 Å². The molecule has 0 heterocycles. The highest BCUT2D eigenvalue weighted by atomic mass is 19.4. The fraction of sp³-hybridized carbons (Fsp3) is 0.222. The molecule has 6 nitrogen and oxygen atoms in total. The molecular weight excluding hydrogens is 367 g/mol. The van der Waals surface area contributed by atoms with Crippen LogP contribution >= 0.6 is 0 Å². The number of hydrogen-bond acceptors (Lipinski definition) is 5. The molecule has 0 aliphatic rings. The molecule has 0 unspecified atom stereocenters. The molecule has 2 rings (SSSR count). The number of methoxy groups -OCH3 is 1. The normalized spacial score (nSPS) is 10.9. The summed E-state index contributed by atoms with van der Waals surface area (Å²) in [7, 11) is 1.40. The van der Waals surface area contributed by atoms with E-state index in [1.807, 2.05) is 0 Å². The number of Topliss-reactive ketones (excluding diaryl/α,β-unsaturated/α-hetero) is 1. The molecule has 0 radical (unpaired) electrons. The van der Waals surface area contributed by atoms with E-state index in [0.29, 0.717) is 11.3 Å². The molecule has 0 aliphatic carbocycles. The van der Waals surface area contributed by atoms with Gasteiger partial charge in [-0.2, -0.15) is 0 Å². The van der Waals surface area contributed by atoms with Gasteiger partial charge in [0.05, 0.1) is 7.11 Å². The first-order chi connectivity index (χ1) is 12.7. The summed E-state index contributed by atoms with van der Waals surface area (Å²) in [5.41, 5.74) is 0.710. The van der Waals surface area contributed by atoms with Gasteiger partial charge in [-0.3, -0.25) is 9.59 Å². The van der Waals surface area contributed by atoms with Crippen LogP contribution in [0.2, 0.25) is 0 Å². The fourth-order valence-electron chi connectivity index (χ4n) is 2.09. The average Bonchev–Trinajstić information content (AvgIpc) is 2.60. The lowest BCUT2D eigenvalue weighted by Crippen LogP contribution is -2.20. The molecular formula is C18H16F3NO5. The number of rotatable bonds is 7. The smallest absolute Gasteiger partial charge is 0.493 e. The lowest BCUT2D eigenvalue weighted by molar-refractivity contribution is -0.274. The fourth-order valence-corrected chi connectivity index (χ4v) is 2.09. The number of carbonyl (C=O) groups is 2. The first-order valence-corrected chi connectivity index (χ1v) is 7.65. The highest BCUT2D eigenvalue weighted by Crippen LogP contribution is 2.28. The third-order valence-electron chi connectivity index (χ3n) is 3.30. The van der Waals surface area contributed by atoms with Crippen LogP contribution in [0, 0.1) is 0 Å². The SMILES string of the molecule is COc1cc(C(C)=O)ccc1OCC(=O)Nc1ccc(OC(F)(F)F)cc1. The van der Waals surface area contributed by atoms with Crippen molar-refractivity contribution in [2.45, 2.75) is 13.3 Å². The number of carbonyl (C=O) groups excluding carboxylic acids is 2. The Bertz CT molecular complexity index is 819. The van der Waals surface area contributed by atoms with E-state index < -0.39 is 18.0 Å². The molecule has 0 aliphatic heterocycles. The maximum absolute atomic E-state index is 12.1. The molecule has 0 fully saturated rings. The summed E-state index contributed by atoms with van der Waals surface area (Å²) in [6, 6.07) is 9.22. The van der Waals surface area contributed by atoms with E-state index >= 15 is 0 Å². The molecule has 27 heavy (non-hydrogen) atoms. The quantitative estimate of drug-likeness (QED) is 0.736. The maximum atomic E-state index is 12.1. The van der Waals surface area contributed by atoms with Crippen LogP contribution in [-0.2, 0) is 4.79 Å². The summed E-state index contributed by atoms with van der Waals surface area (Å²) in [5, 5.41) is 2.47. The molecule has 9 heteroatoms. The second kappa shape index (κ2) is 8.43. The third-order valence-corrected chi connectivity index (χ3v) is 3.30. The molecule has 1 N–H and O–H groups in total. The Morgan fingerprint density at radius 1 is 1.04 bits per heavy atom. The van der Waals surface area contributed by atoms with Crippen molar-refractivity contribution in [1.82, 2.24) is 0 Å². The first kappa shape index (κ1) is 20.1. The van der Waals surface area contributed by atoms with E-state index in [4.69, 9.17) is 9.47 Å². The Morgan fingerprint density at radius 3 is 2.26 bits per heavy atom. The summed E-state index contributed by atoms with van der Waals surface area (Å²) >= 11 is 0. The maximum Gasteiger partial charge on any atom is 0.573 e. The van der Waals surface area contributed by atoms with Crippen LogP contribution in [0.4, 0.5) is 18.9 Å². The van der Waals surface area contributed by atoms with Crippen molar-refractivity contribution >= 4 is 17.4 Å². The second-order valence-electron chi connectivity index (χ2n) is 5.33. The summed E-state index contributed by atoms with van der Waals surface area (Å²) < 4.78 is 50.6. The van der Waals surface area contributed by atoms with E-state index in [1.54, 1.807) is 0 Å². The van der Waals surface area contributed by atoms with Gasteiger partial charge < -0.3 is 19.5 Å². The monoisotopic (exact) mass is 383 g/mol. The molecule has 0 spiro atoms. The third kappa shape index (κ3) is 6.21. The van der Waals surface area contributed by atoms with E-state index in [9.17, 15) is 22.8 Å². The van der Waals surface area contributed by atoms with E-state index in [0.717, 1.165) is 12.1 Å². The summed E-state index contributed by atoms with van der Waals surface area (Å²) in [5.74, 6) is -0.504. The Kier molecular flexibility index (Phi) is 6.27. The van der Waals surface area contributed by atoms with Crippen LogP contribution in [-0.4, -0.2) is 31.8 Å². The minimum atomic E-state index is -4.78. The van der Waals surface area contributed by atoms with Gasteiger partial charge in [-0.1, -0.05) is 0 Å². The van der Waals surface area contributed by atoms with Crippen molar-refractivity contribution in [1.29, 1.82) is 0 Å². The molecule has 144 valence electrons. The van der Waals surface area contributed by atoms with Crippen molar-refractivity contribution in [2.24, 2.45) is 0 Å². The topological polar surface area (TPSA) is 73.9 Å². The minimum absolute atomic E-state index is 0.143. The number of benzene rings is 2. The van der Waals surface area contributed by atoms with Crippen LogP contribution in [0.25, 0.3) is 0 Å². The number of ketones is 1. The highest BCUT2D eigenvalue weighted by molar-refractivity contribution is 5.95. The van der Waals surface area contributed by atoms with Gasteiger partial charge in [0, 0.05) is 11.3 Å². The molecule has 0 saturated carbocycles. The predicted octanol–water partition coefficient (Wildman–Crippen LogP) is 3.81. The van der Waals surface area contributed by atoms with Crippen LogP contribution in [0.5, 0.6) is 17.2 Å². The Hall–Kier alpha value is -3.23. The number of hydrogen-bond donors (Lipinski definition) is 1. The molecule has 2 aromatic carbocycles. The van der Waals surface area contributed by atoms with Crippen molar-refractivity contribution in [2.75, 3.05) is 19.0 Å². The van der Waals surface area contributed by atoms with E-state index in [2.05, 4.69) is 10.1 Å². The number of nitrogens with one attached hydrogen (secondary N) is 1. The summed E-state index contributed by atoms with van der Waals surface area (Å²) in [4.78, 5) is 23.3. The van der Waals surface area contributed by atoms with Crippen LogP contribution in [0.1, 0.15) is 17.3 Å². The van der Waals surface area contributed by atoms with Crippen LogP contribution in [0.15, 0.2) is 42.5 Å². The number of ether oxygens (including phenoxy) is 3. The molecule has 0 saturated heterocycles. The van der Waals surface area contributed by atoms with Crippen molar-refractivity contribution in [3.63, 3.8) is 0 Å². The standard InChI is InChI=1S/C18H16F3NO5/c1-11(23)12-3-8-15(16(9-12)25-2)26-10-17(24)22-13-4-6-14(7-5-13)27-18(19,20)21/h3-9H,10H2,1-2H3,(H,22,24). The lowest BCUT2D eigenvalue weighted by Gasteiger charge is -2.12. The van der Waals surface area contributed by atoms with Crippen molar-refractivity contribution in [3.8, 4) is 17.2 Å². The Balaban J connectivity index is 1.93. The number of alkyl halides is 3. The molecule has 1 amide bonds. The Labute approximate surface area is 152 Å². The average molecular weight is 383 g/mol. The zero-order valence-electron chi connectivity index (χ0n) is 14.4. The Morgan fingerprint density at radius 2 is 1.70 bits per heavy atom. The van der Waals surface area contributed by atoms with Crippen molar-refractivity contribution in [3.05, 3.63) is 48.0 Å². The zero-order valence-corrected chi connectivity index (χ0v) is 14.4. The van der Waals surface area contributed by atoms with Gasteiger partial charge in [0.15, 0.2) is 23.9 Å². The highest BCUT2D eigenvalue weighted by Gasteiger charge is 2.30. The number of amides is 1. The van der Waals surface area contributed by atoms with Gasteiger partial charge in [-0.25, -0.2) is 0 Å². The van der Waals surface area contributed by atoms with Gasteiger partial charge in [-0.15, -0.1) is 13.2 Å². The van der Waals surface area contributed by atoms with Gasteiger partial charge in [0.1, 0.15) is 5.75 Å². The first-order valence-electron chi connectivity index (χ1n) is 7.65. The zero-order chi connectivity index (χ0) is 20.0. The van der Waals surface area contributed by atoms with Gasteiger partial charge >= 0.3 is 6.36 Å². The largest absolute Gasteiger partial charge is 0.573 e. The van der Waals surface area contributed by atoms with E-state index in [1.165, 1.54) is 44.4 Å². The lowest BCUT2D eigenvalue weighted by atomic mass is 10.1. The number of anilines is 1. The van der Waals surface area contributed by atoms with Gasteiger partial charge in [0.2, 0.25) is 0 Å². The second-order valence-corrected chi connectivity index (χ2v) is 5.33. The van der Waals surface area contributed by atoms with Crippen molar-refractivity contribution < 1.29 is 37.0 Å². The summed E-state index contributed by atoms with van der Waals surface area (Å²) in [6.45, 7) is 1.05. The van der Waals surface area contributed by atoms with Crippen LogP contribution < -0.4 is 19.5 Å². The summed E-state index contributed by atoms with van der Waals surface area (Å²) in [6.07, 6.45) is -4.78. The van der Waals surface area contributed by atoms with Gasteiger partial charge in [-0.05, 0) is 49.4 Å². The minimum Gasteiger partial charge on any atom is -0.493 e. The molecule has 0 atom stereocenters. The predicted molar refractivity (Wildman–Crippen MR) is 90.2 cm³/mol. The molecule has 0 aromatic heterocycles.